The van der Waals surface area contributed by atoms with Crippen molar-refractivity contribution >= 4 is 5.97 Å². The molecular weight excluding hydrogens is 176 g/mol. The summed E-state index contributed by atoms with van der Waals surface area (Å²) in [6.07, 6.45) is 5.34. The third-order valence-electron chi connectivity index (χ3n) is 2.55. The third kappa shape index (κ3) is 8.09. The van der Waals surface area contributed by atoms with Gasteiger partial charge in [0.15, 0.2) is 0 Å². The standard InChI is InChI=1S/C12H24O2/c1-10(2)6-5-7-11(3)8-9-12(13)14-4/h10-11H,5-9H2,1-4H3/t11-/m1/s1. The summed E-state index contributed by atoms with van der Waals surface area (Å²) in [5.41, 5.74) is 0. The molecule has 14 heavy (non-hydrogen) atoms. The lowest BCUT2D eigenvalue weighted by Crippen LogP contribution is -2.04. The van der Waals surface area contributed by atoms with Crippen LogP contribution in [-0.4, -0.2) is 13.1 Å². The molecule has 0 saturated heterocycles. The second kappa shape index (κ2) is 7.84. The van der Waals surface area contributed by atoms with Crippen LogP contribution in [0.4, 0.5) is 0 Å². The number of carbonyl (C=O) groups is 1. The Labute approximate surface area is 88.0 Å². The van der Waals surface area contributed by atoms with Crippen molar-refractivity contribution in [1.82, 2.24) is 0 Å². The van der Waals surface area contributed by atoms with E-state index >= 15 is 0 Å². The molecule has 0 aliphatic heterocycles. The van der Waals surface area contributed by atoms with E-state index in [4.69, 9.17) is 0 Å². The van der Waals surface area contributed by atoms with Gasteiger partial charge in [-0.05, 0) is 18.3 Å². The van der Waals surface area contributed by atoms with Crippen molar-refractivity contribution in [3.63, 3.8) is 0 Å². The molecule has 0 fully saturated rings. The Morgan fingerprint density at radius 3 is 2.29 bits per heavy atom. The van der Waals surface area contributed by atoms with Crippen LogP contribution in [-0.2, 0) is 9.53 Å². The molecule has 0 aromatic heterocycles. The normalized spacial score (nSPS) is 12.9. The predicted octanol–water partition coefficient (Wildman–Crippen LogP) is 3.40. The lowest BCUT2D eigenvalue weighted by Gasteiger charge is -2.11. The van der Waals surface area contributed by atoms with Gasteiger partial charge in [-0.2, -0.15) is 0 Å². The number of esters is 1. The average molecular weight is 200 g/mol. The SMILES string of the molecule is COC(=O)CC[C@H](C)CCCC(C)C. The van der Waals surface area contributed by atoms with Crippen LogP contribution in [0.25, 0.3) is 0 Å². The highest BCUT2D eigenvalue weighted by molar-refractivity contribution is 5.69. The van der Waals surface area contributed by atoms with Crippen LogP contribution in [0.15, 0.2) is 0 Å². The van der Waals surface area contributed by atoms with Crippen LogP contribution in [0.3, 0.4) is 0 Å². The molecule has 1 atom stereocenters. The van der Waals surface area contributed by atoms with E-state index in [1.807, 2.05) is 0 Å². The molecule has 84 valence electrons. The largest absolute Gasteiger partial charge is 0.469 e. The first-order valence-corrected chi connectivity index (χ1v) is 5.63. The highest BCUT2D eigenvalue weighted by atomic mass is 16.5. The van der Waals surface area contributed by atoms with E-state index in [2.05, 4.69) is 25.5 Å². The summed E-state index contributed by atoms with van der Waals surface area (Å²) in [5, 5.41) is 0. The highest BCUT2D eigenvalue weighted by Crippen LogP contribution is 2.16. The van der Waals surface area contributed by atoms with Gasteiger partial charge in [-0.25, -0.2) is 0 Å². The Balaban J connectivity index is 3.36. The number of methoxy groups -OCH3 is 1. The van der Waals surface area contributed by atoms with Crippen LogP contribution in [0.2, 0.25) is 0 Å². The van der Waals surface area contributed by atoms with Gasteiger partial charge in [0, 0.05) is 6.42 Å². The molecule has 0 bridgehead atoms. The van der Waals surface area contributed by atoms with E-state index < -0.39 is 0 Å². The fourth-order valence-corrected chi connectivity index (χ4v) is 1.49. The van der Waals surface area contributed by atoms with Gasteiger partial charge in [0.05, 0.1) is 7.11 Å². The quantitative estimate of drug-likeness (QED) is 0.589. The summed E-state index contributed by atoms with van der Waals surface area (Å²) >= 11 is 0. The zero-order valence-electron chi connectivity index (χ0n) is 10.0. The molecule has 0 rings (SSSR count). The summed E-state index contributed by atoms with van der Waals surface area (Å²) in [6.45, 7) is 6.71. The van der Waals surface area contributed by atoms with Crippen molar-refractivity contribution in [2.24, 2.45) is 11.8 Å². The van der Waals surface area contributed by atoms with Crippen LogP contribution < -0.4 is 0 Å². The Hall–Kier alpha value is -0.530. The molecule has 0 aromatic carbocycles. The second-order valence-corrected chi connectivity index (χ2v) is 4.54. The maximum atomic E-state index is 10.9. The van der Waals surface area contributed by atoms with Crippen LogP contribution in [0.5, 0.6) is 0 Å². The zero-order valence-corrected chi connectivity index (χ0v) is 10.0. The van der Waals surface area contributed by atoms with Gasteiger partial charge in [0.2, 0.25) is 0 Å². The molecule has 2 nitrogen and oxygen atoms in total. The Bertz CT molecular complexity index is 152. The fraction of sp³-hybridized carbons (Fsp3) is 0.917. The lowest BCUT2D eigenvalue weighted by atomic mass is 9.96. The molecule has 0 heterocycles. The van der Waals surface area contributed by atoms with Crippen LogP contribution >= 0.6 is 0 Å². The lowest BCUT2D eigenvalue weighted by molar-refractivity contribution is -0.140. The first-order chi connectivity index (χ1) is 6.56. The van der Waals surface area contributed by atoms with Gasteiger partial charge in [-0.1, -0.05) is 40.0 Å². The van der Waals surface area contributed by atoms with Crippen molar-refractivity contribution < 1.29 is 9.53 Å². The first kappa shape index (κ1) is 13.5. The van der Waals surface area contributed by atoms with Gasteiger partial charge in [0.25, 0.3) is 0 Å². The molecule has 0 amide bonds. The van der Waals surface area contributed by atoms with Crippen molar-refractivity contribution in [3.05, 3.63) is 0 Å². The molecule has 2 heteroatoms. The average Bonchev–Trinajstić information content (AvgIpc) is 2.13. The maximum Gasteiger partial charge on any atom is 0.305 e. The minimum absolute atomic E-state index is 0.0827. The predicted molar refractivity (Wildman–Crippen MR) is 59.1 cm³/mol. The van der Waals surface area contributed by atoms with Crippen molar-refractivity contribution in [2.75, 3.05) is 7.11 Å². The molecule has 0 N–H and O–H groups in total. The van der Waals surface area contributed by atoms with E-state index in [0.717, 1.165) is 12.3 Å². The highest BCUT2D eigenvalue weighted by Gasteiger charge is 2.06. The summed E-state index contributed by atoms with van der Waals surface area (Å²) in [4.78, 5) is 10.9. The third-order valence-corrected chi connectivity index (χ3v) is 2.55. The van der Waals surface area contributed by atoms with E-state index in [1.54, 1.807) is 0 Å². The molecule has 0 unspecified atom stereocenters. The Morgan fingerprint density at radius 1 is 1.14 bits per heavy atom. The number of hydrogen-bond donors (Lipinski definition) is 0. The number of rotatable bonds is 7. The smallest absolute Gasteiger partial charge is 0.305 e. The Morgan fingerprint density at radius 2 is 1.79 bits per heavy atom. The van der Waals surface area contributed by atoms with Crippen molar-refractivity contribution in [1.29, 1.82) is 0 Å². The van der Waals surface area contributed by atoms with Gasteiger partial charge in [-0.3, -0.25) is 4.79 Å². The van der Waals surface area contributed by atoms with E-state index in [0.29, 0.717) is 12.3 Å². The van der Waals surface area contributed by atoms with Gasteiger partial charge in [0.1, 0.15) is 0 Å². The molecule has 0 aromatic rings. The summed E-state index contributed by atoms with van der Waals surface area (Å²) in [7, 11) is 1.45. The summed E-state index contributed by atoms with van der Waals surface area (Å²) < 4.78 is 4.60. The van der Waals surface area contributed by atoms with E-state index in [1.165, 1.54) is 26.4 Å². The second-order valence-electron chi connectivity index (χ2n) is 4.54. The minimum atomic E-state index is -0.0827. The van der Waals surface area contributed by atoms with Crippen LogP contribution in [0.1, 0.15) is 52.9 Å². The summed E-state index contributed by atoms with van der Waals surface area (Å²) in [5.74, 6) is 1.36. The van der Waals surface area contributed by atoms with E-state index in [-0.39, 0.29) is 5.97 Å². The molecule has 0 saturated carbocycles. The number of carbonyl (C=O) groups excluding carboxylic acids is 1. The zero-order chi connectivity index (χ0) is 11.0. The maximum absolute atomic E-state index is 10.9. The van der Waals surface area contributed by atoms with Crippen molar-refractivity contribution in [2.45, 2.75) is 52.9 Å². The number of hydrogen-bond acceptors (Lipinski definition) is 2. The molecule has 0 aliphatic rings. The number of ether oxygens (including phenoxy) is 1. The monoisotopic (exact) mass is 200 g/mol. The van der Waals surface area contributed by atoms with Gasteiger partial charge in [-0.15, -0.1) is 0 Å². The fourth-order valence-electron chi connectivity index (χ4n) is 1.49. The minimum Gasteiger partial charge on any atom is -0.469 e. The molecule has 0 radical (unpaired) electrons. The first-order valence-electron chi connectivity index (χ1n) is 5.63. The molecule has 0 spiro atoms. The van der Waals surface area contributed by atoms with Crippen LogP contribution in [0, 0.1) is 11.8 Å². The van der Waals surface area contributed by atoms with Gasteiger partial charge < -0.3 is 4.74 Å². The van der Waals surface area contributed by atoms with Gasteiger partial charge >= 0.3 is 5.97 Å². The molecular formula is C12H24O2. The summed E-state index contributed by atoms with van der Waals surface area (Å²) in [6, 6.07) is 0. The van der Waals surface area contributed by atoms with Crippen molar-refractivity contribution in [3.8, 4) is 0 Å². The molecule has 0 aliphatic carbocycles. The Kier molecular flexibility index (Phi) is 7.54. The topological polar surface area (TPSA) is 26.3 Å². The van der Waals surface area contributed by atoms with E-state index in [9.17, 15) is 4.79 Å².